The molecule has 1 unspecified atom stereocenters. The van der Waals surface area contributed by atoms with Gasteiger partial charge in [-0.15, -0.1) is 0 Å². The van der Waals surface area contributed by atoms with Gasteiger partial charge in [0.25, 0.3) is 5.91 Å². The van der Waals surface area contributed by atoms with Crippen molar-refractivity contribution in [1.29, 1.82) is 0 Å². The summed E-state index contributed by atoms with van der Waals surface area (Å²) in [5.74, 6) is -0.885. The van der Waals surface area contributed by atoms with E-state index in [-0.39, 0.29) is 17.5 Å². The summed E-state index contributed by atoms with van der Waals surface area (Å²) in [5, 5.41) is 12.4. The van der Waals surface area contributed by atoms with Gasteiger partial charge in [0.1, 0.15) is 5.82 Å². The Labute approximate surface area is 115 Å². The smallest absolute Gasteiger partial charge is 0.251 e. The number of rotatable bonds is 3. The van der Waals surface area contributed by atoms with E-state index < -0.39 is 17.8 Å². The van der Waals surface area contributed by atoms with Gasteiger partial charge in [-0.05, 0) is 23.6 Å². The summed E-state index contributed by atoms with van der Waals surface area (Å²) >= 11 is 3.12. The molecule has 1 amide bonds. The number of benzene rings is 1. The minimum Gasteiger partial charge on any atom is -0.391 e. The Hall–Kier alpha value is -0.940. The molecular weight excluding hydrogens is 301 g/mol. The van der Waals surface area contributed by atoms with E-state index in [4.69, 9.17) is 0 Å². The quantitative estimate of drug-likeness (QED) is 0.900. The van der Waals surface area contributed by atoms with Gasteiger partial charge in [0.05, 0.1) is 6.10 Å². The number of carbonyl (C=O) groups excluding carboxylic acids is 1. The summed E-state index contributed by atoms with van der Waals surface area (Å²) in [5.41, 5.74) is -0.0847. The van der Waals surface area contributed by atoms with Crippen LogP contribution in [0.1, 0.15) is 31.1 Å². The number of aliphatic hydroxyl groups excluding tert-OH is 1. The van der Waals surface area contributed by atoms with Gasteiger partial charge in [0.15, 0.2) is 0 Å². The average molecular weight is 318 g/mol. The van der Waals surface area contributed by atoms with Crippen molar-refractivity contribution in [2.75, 3.05) is 6.54 Å². The van der Waals surface area contributed by atoms with E-state index in [9.17, 15) is 14.3 Å². The molecular formula is C13H17BrFNO2. The first-order valence-corrected chi connectivity index (χ1v) is 6.42. The Balaban J connectivity index is 2.66. The third-order valence-electron chi connectivity index (χ3n) is 2.58. The number of amides is 1. The van der Waals surface area contributed by atoms with Crippen LogP contribution in [0.2, 0.25) is 0 Å². The molecule has 0 saturated heterocycles. The van der Waals surface area contributed by atoms with Crippen molar-refractivity contribution >= 4 is 21.8 Å². The standard InChI is InChI=1S/C13H17BrFNO2/c1-13(2,3)11(17)7-16-12(18)8-4-9(14)6-10(15)5-8/h4-6,11,17H,7H2,1-3H3,(H,16,18). The predicted molar refractivity (Wildman–Crippen MR) is 71.9 cm³/mol. The molecule has 1 atom stereocenters. The molecule has 5 heteroatoms. The van der Waals surface area contributed by atoms with Crippen molar-refractivity contribution in [2.45, 2.75) is 26.9 Å². The molecule has 18 heavy (non-hydrogen) atoms. The zero-order valence-electron chi connectivity index (χ0n) is 10.6. The molecule has 0 heterocycles. The summed E-state index contributed by atoms with van der Waals surface area (Å²) in [6.45, 7) is 5.77. The van der Waals surface area contributed by atoms with E-state index in [0.29, 0.717) is 4.47 Å². The van der Waals surface area contributed by atoms with Crippen molar-refractivity contribution in [2.24, 2.45) is 5.41 Å². The maximum atomic E-state index is 13.1. The number of aliphatic hydroxyl groups is 1. The third kappa shape index (κ3) is 4.38. The van der Waals surface area contributed by atoms with Crippen LogP contribution in [-0.2, 0) is 0 Å². The highest BCUT2D eigenvalue weighted by molar-refractivity contribution is 9.10. The van der Waals surface area contributed by atoms with Gasteiger partial charge in [-0.3, -0.25) is 4.79 Å². The molecule has 0 fully saturated rings. The molecule has 0 aliphatic heterocycles. The molecule has 1 rings (SSSR count). The summed E-state index contributed by atoms with van der Waals surface area (Å²) in [7, 11) is 0. The molecule has 3 nitrogen and oxygen atoms in total. The van der Waals surface area contributed by atoms with Gasteiger partial charge in [-0.1, -0.05) is 36.7 Å². The fourth-order valence-electron chi connectivity index (χ4n) is 1.28. The van der Waals surface area contributed by atoms with Crippen molar-refractivity contribution in [3.63, 3.8) is 0 Å². The van der Waals surface area contributed by atoms with Gasteiger partial charge in [0, 0.05) is 16.6 Å². The second-order valence-corrected chi connectivity index (χ2v) is 6.17. The van der Waals surface area contributed by atoms with E-state index in [0.717, 1.165) is 6.07 Å². The summed E-state index contributed by atoms with van der Waals surface area (Å²) in [4.78, 5) is 11.8. The fraction of sp³-hybridized carbons (Fsp3) is 0.462. The SMILES string of the molecule is CC(C)(C)C(O)CNC(=O)c1cc(F)cc(Br)c1. The summed E-state index contributed by atoms with van der Waals surface area (Å²) < 4.78 is 13.6. The van der Waals surface area contributed by atoms with Crippen LogP contribution < -0.4 is 5.32 Å². The van der Waals surface area contributed by atoms with Crippen molar-refractivity contribution in [3.8, 4) is 0 Å². The van der Waals surface area contributed by atoms with E-state index in [2.05, 4.69) is 21.2 Å². The molecule has 0 aliphatic carbocycles. The predicted octanol–water partition coefficient (Wildman–Crippen LogP) is 2.73. The zero-order valence-corrected chi connectivity index (χ0v) is 12.2. The van der Waals surface area contributed by atoms with Crippen LogP contribution in [0.5, 0.6) is 0 Å². The third-order valence-corrected chi connectivity index (χ3v) is 3.04. The Morgan fingerprint density at radius 2 is 2.06 bits per heavy atom. The van der Waals surface area contributed by atoms with Gasteiger partial charge < -0.3 is 10.4 Å². The van der Waals surface area contributed by atoms with Gasteiger partial charge in [-0.25, -0.2) is 4.39 Å². The number of hydrogen-bond acceptors (Lipinski definition) is 2. The highest BCUT2D eigenvalue weighted by atomic mass is 79.9. The molecule has 0 radical (unpaired) electrons. The largest absolute Gasteiger partial charge is 0.391 e. The van der Waals surface area contributed by atoms with E-state index in [1.54, 1.807) is 0 Å². The molecule has 100 valence electrons. The van der Waals surface area contributed by atoms with Crippen LogP contribution in [0.25, 0.3) is 0 Å². The second-order valence-electron chi connectivity index (χ2n) is 5.25. The first kappa shape index (κ1) is 15.1. The first-order chi connectivity index (χ1) is 8.20. The topological polar surface area (TPSA) is 49.3 Å². The summed E-state index contributed by atoms with van der Waals surface area (Å²) in [6, 6.07) is 3.96. The Morgan fingerprint density at radius 1 is 1.44 bits per heavy atom. The maximum Gasteiger partial charge on any atom is 0.251 e. The summed E-state index contributed by atoms with van der Waals surface area (Å²) in [6.07, 6.45) is -0.654. The number of carbonyl (C=O) groups is 1. The number of nitrogens with one attached hydrogen (secondary N) is 1. The number of hydrogen-bond donors (Lipinski definition) is 2. The fourth-order valence-corrected chi connectivity index (χ4v) is 1.75. The maximum absolute atomic E-state index is 13.1. The van der Waals surface area contributed by atoms with Gasteiger partial charge in [0.2, 0.25) is 0 Å². The minimum absolute atomic E-state index is 0.135. The minimum atomic E-state index is -0.654. The van der Waals surface area contributed by atoms with Gasteiger partial charge >= 0.3 is 0 Å². The highest BCUT2D eigenvalue weighted by Gasteiger charge is 2.22. The molecule has 0 aromatic heterocycles. The zero-order chi connectivity index (χ0) is 13.9. The Morgan fingerprint density at radius 3 is 2.56 bits per heavy atom. The Bertz CT molecular complexity index is 423. The van der Waals surface area contributed by atoms with Crippen LogP contribution in [0.3, 0.4) is 0 Å². The lowest BCUT2D eigenvalue weighted by Crippen LogP contribution is -2.39. The van der Waals surface area contributed by atoms with Crippen LogP contribution in [-0.4, -0.2) is 23.7 Å². The lowest BCUT2D eigenvalue weighted by Gasteiger charge is -2.25. The molecule has 1 aromatic rings. The van der Waals surface area contributed by atoms with E-state index >= 15 is 0 Å². The average Bonchev–Trinajstić information content (AvgIpc) is 2.22. The van der Waals surface area contributed by atoms with E-state index in [1.165, 1.54) is 12.1 Å². The second kappa shape index (κ2) is 5.80. The molecule has 1 aromatic carbocycles. The molecule has 0 saturated carbocycles. The lowest BCUT2D eigenvalue weighted by atomic mass is 9.89. The first-order valence-electron chi connectivity index (χ1n) is 5.62. The Kier molecular flexibility index (Phi) is 4.87. The van der Waals surface area contributed by atoms with Crippen LogP contribution in [0.15, 0.2) is 22.7 Å². The van der Waals surface area contributed by atoms with Gasteiger partial charge in [-0.2, -0.15) is 0 Å². The van der Waals surface area contributed by atoms with Crippen LogP contribution in [0, 0.1) is 11.2 Å². The molecule has 0 aliphatic rings. The van der Waals surface area contributed by atoms with E-state index in [1.807, 2.05) is 20.8 Å². The normalized spacial score (nSPS) is 13.2. The lowest BCUT2D eigenvalue weighted by molar-refractivity contribution is 0.0586. The molecule has 0 spiro atoms. The molecule has 2 N–H and O–H groups in total. The van der Waals surface area contributed by atoms with Crippen molar-refractivity contribution in [1.82, 2.24) is 5.32 Å². The monoisotopic (exact) mass is 317 g/mol. The van der Waals surface area contributed by atoms with Crippen LogP contribution >= 0.6 is 15.9 Å². The van der Waals surface area contributed by atoms with Crippen molar-refractivity contribution < 1.29 is 14.3 Å². The van der Waals surface area contributed by atoms with Crippen LogP contribution in [0.4, 0.5) is 4.39 Å². The molecule has 0 bridgehead atoms. The highest BCUT2D eigenvalue weighted by Crippen LogP contribution is 2.18. The van der Waals surface area contributed by atoms with Crippen molar-refractivity contribution in [3.05, 3.63) is 34.1 Å². The number of halogens is 2.